The number of piperidine rings is 1. The lowest BCUT2D eigenvalue weighted by molar-refractivity contribution is 0.258. The van der Waals surface area contributed by atoms with Crippen LogP contribution >= 0.6 is 11.6 Å². The molecule has 0 saturated carbocycles. The Bertz CT molecular complexity index is 710. The van der Waals surface area contributed by atoms with Crippen LogP contribution < -0.4 is 4.90 Å². The monoisotopic (exact) mass is 368 g/mol. The van der Waals surface area contributed by atoms with Crippen molar-refractivity contribution in [1.29, 1.82) is 0 Å². The molecule has 0 radical (unpaired) electrons. The fourth-order valence-corrected chi connectivity index (χ4v) is 3.81. The summed E-state index contributed by atoms with van der Waals surface area (Å²) in [4.78, 5) is 4.69. The van der Waals surface area contributed by atoms with Gasteiger partial charge in [0.1, 0.15) is 0 Å². The second kappa shape index (κ2) is 9.25. The number of hydrogen-bond acceptors (Lipinski definition) is 2. The highest BCUT2D eigenvalue weighted by Crippen LogP contribution is 2.33. The number of hydrogen-bond donors (Lipinski definition) is 0. The van der Waals surface area contributed by atoms with Gasteiger partial charge in [0.2, 0.25) is 0 Å². The average molecular weight is 369 g/mol. The number of halogens is 1. The molecule has 0 aliphatic carbocycles. The summed E-state index contributed by atoms with van der Waals surface area (Å²) in [5, 5.41) is 0. The predicted molar refractivity (Wildman–Crippen MR) is 114 cm³/mol. The molecular weight excluding hydrogens is 340 g/mol. The molecule has 0 unspecified atom stereocenters. The SMILES string of the molecule is CN(C)c1ccc(C(=C2CCN(CCCCl)CC2)c2ccccc2)cc1. The van der Waals surface area contributed by atoms with Gasteiger partial charge in [0.15, 0.2) is 0 Å². The highest BCUT2D eigenvalue weighted by molar-refractivity contribution is 6.17. The Morgan fingerprint density at radius 2 is 1.54 bits per heavy atom. The zero-order valence-electron chi connectivity index (χ0n) is 15.9. The number of nitrogens with zero attached hydrogens (tertiary/aromatic N) is 2. The maximum absolute atomic E-state index is 5.86. The molecule has 2 aromatic carbocycles. The summed E-state index contributed by atoms with van der Waals surface area (Å²) in [7, 11) is 4.17. The second-order valence-electron chi connectivity index (χ2n) is 7.17. The van der Waals surface area contributed by atoms with Gasteiger partial charge >= 0.3 is 0 Å². The standard InChI is InChI=1S/C23H29ClN2/c1-25(2)22-11-9-20(10-12-22)23(19-7-4-3-5-8-19)21-13-17-26(18-14-21)16-6-15-24/h3-5,7-12H,6,13-18H2,1-2H3. The lowest BCUT2D eigenvalue weighted by Crippen LogP contribution is -2.32. The summed E-state index contributed by atoms with van der Waals surface area (Å²) in [6, 6.07) is 19.8. The second-order valence-corrected chi connectivity index (χ2v) is 7.55. The Labute approximate surface area is 163 Å². The van der Waals surface area contributed by atoms with Crippen molar-refractivity contribution in [2.24, 2.45) is 0 Å². The molecule has 2 nitrogen and oxygen atoms in total. The van der Waals surface area contributed by atoms with Gasteiger partial charge in [-0.2, -0.15) is 0 Å². The van der Waals surface area contributed by atoms with E-state index in [1.54, 1.807) is 5.57 Å². The van der Waals surface area contributed by atoms with Gasteiger partial charge in [0.05, 0.1) is 0 Å². The van der Waals surface area contributed by atoms with Gasteiger partial charge < -0.3 is 9.80 Å². The fraction of sp³-hybridized carbons (Fsp3) is 0.391. The minimum atomic E-state index is 0.757. The van der Waals surface area contributed by atoms with Gasteiger partial charge in [0.25, 0.3) is 0 Å². The summed E-state index contributed by atoms with van der Waals surface area (Å²) in [6.07, 6.45) is 3.36. The number of anilines is 1. The molecule has 2 aromatic rings. The molecule has 0 spiro atoms. The number of likely N-dealkylation sites (tertiary alicyclic amines) is 1. The van der Waals surface area contributed by atoms with Crippen molar-refractivity contribution in [2.45, 2.75) is 19.3 Å². The maximum atomic E-state index is 5.86. The molecule has 0 aromatic heterocycles. The normalized spacial score (nSPS) is 15.1. The molecule has 0 bridgehead atoms. The van der Waals surface area contributed by atoms with Crippen molar-refractivity contribution >= 4 is 22.9 Å². The van der Waals surface area contributed by atoms with Crippen molar-refractivity contribution in [3.8, 4) is 0 Å². The molecule has 0 atom stereocenters. The van der Waals surface area contributed by atoms with Gasteiger partial charge in [-0.1, -0.05) is 48.0 Å². The summed E-state index contributed by atoms with van der Waals surface area (Å²) >= 11 is 5.86. The first kappa shape index (κ1) is 19.0. The van der Waals surface area contributed by atoms with Crippen LogP contribution in [-0.2, 0) is 0 Å². The van der Waals surface area contributed by atoms with Crippen LogP contribution in [0.5, 0.6) is 0 Å². The van der Waals surface area contributed by atoms with Crippen molar-refractivity contribution < 1.29 is 0 Å². The Balaban J connectivity index is 1.90. The number of alkyl halides is 1. The van der Waals surface area contributed by atoms with Gasteiger partial charge in [-0.15, -0.1) is 11.6 Å². The van der Waals surface area contributed by atoms with Crippen LogP contribution in [0.15, 0.2) is 60.2 Å². The largest absolute Gasteiger partial charge is 0.378 e. The Morgan fingerprint density at radius 3 is 2.12 bits per heavy atom. The predicted octanol–water partition coefficient (Wildman–Crippen LogP) is 5.28. The van der Waals surface area contributed by atoms with Crippen molar-refractivity contribution in [1.82, 2.24) is 4.90 Å². The van der Waals surface area contributed by atoms with Gasteiger partial charge in [0, 0.05) is 38.8 Å². The highest BCUT2D eigenvalue weighted by Gasteiger charge is 2.18. The van der Waals surface area contributed by atoms with Crippen LogP contribution in [0.3, 0.4) is 0 Å². The zero-order valence-corrected chi connectivity index (χ0v) is 16.7. The molecule has 0 N–H and O–H groups in total. The molecule has 1 saturated heterocycles. The molecule has 3 heteroatoms. The first-order valence-corrected chi connectivity index (χ1v) is 10.1. The van der Waals surface area contributed by atoms with Crippen molar-refractivity contribution in [3.05, 3.63) is 71.3 Å². The third-order valence-corrected chi connectivity index (χ3v) is 5.42. The smallest absolute Gasteiger partial charge is 0.0361 e. The summed E-state index contributed by atoms with van der Waals surface area (Å²) < 4.78 is 0. The van der Waals surface area contributed by atoms with E-state index < -0.39 is 0 Å². The molecule has 138 valence electrons. The lowest BCUT2D eigenvalue weighted by atomic mass is 9.88. The Kier molecular flexibility index (Phi) is 6.76. The average Bonchev–Trinajstić information content (AvgIpc) is 2.69. The van der Waals surface area contributed by atoms with E-state index in [4.69, 9.17) is 11.6 Å². The van der Waals surface area contributed by atoms with Crippen LogP contribution in [0.25, 0.3) is 5.57 Å². The number of rotatable bonds is 6. The Morgan fingerprint density at radius 1 is 0.923 bits per heavy atom. The molecule has 1 aliphatic heterocycles. The van der Waals surface area contributed by atoms with Crippen LogP contribution in [0, 0.1) is 0 Å². The first-order chi connectivity index (χ1) is 12.7. The van der Waals surface area contributed by atoms with Crippen LogP contribution in [0.4, 0.5) is 5.69 Å². The summed E-state index contributed by atoms with van der Waals surface area (Å²) in [5.74, 6) is 0.757. The van der Waals surface area contributed by atoms with E-state index in [1.165, 1.54) is 22.4 Å². The van der Waals surface area contributed by atoms with E-state index >= 15 is 0 Å². The molecular formula is C23H29ClN2. The lowest BCUT2D eigenvalue weighted by Gasteiger charge is -2.30. The quantitative estimate of drug-likeness (QED) is 0.640. The number of benzene rings is 2. The van der Waals surface area contributed by atoms with Gasteiger partial charge in [-0.3, -0.25) is 0 Å². The van der Waals surface area contributed by atoms with Crippen molar-refractivity contribution in [2.75, 3.05) is 44.5 Å². The molecule has 1 heterocycles. The van der Waals surface area contributed by atoms with Gasteiger partial charge in [-0.05, 0) is 54.6 Å². The van der Waals surface area contributed by atoms with E-state index in [-0.39, 0.29) is 0 Å². The topological polar surface area (TPSA) is 6.48 Å². The fourth-order valence-electron chi connectivity index (χ4n) is 3.69. The van der Waals surface area contributed by atoms with E-state index in [2.05, 4.69) is 78.5 Å². The van der Waals surface area contributed by atoms with Crippen LogP contribution in [-0.4, -0.2) is 44.5 Å². The van der Waals surface area contributed by atoms with Crippen LogP contribution in [0.2, 0.25) is 0 Å². The van der Waals surface area contributed by atoms with E-state index in [9.17, 15) is 0 Å². The first-order valence-electron chi connectivity index (χ1n) is 9.52. The van der Waals surface area contributed by atoms with Crippen molar-refractivity contribution in [3.63, 3.8) is 0 Å². The van der Waals surface area contributed by atoms with E-state index in [1.807, 2.05) is 0 Å². The zero-order chi connectivity index (χ0) is 18.4. The summed E-state index contributed by atoms with van der Waals surface area (Å²) in [5.41, 5.74) is 6.89. The molecule has 1 fully saturated rings. The maximum Gasteiger partial charge on any atom is 0.0361 e. The minimum absolute atomic E-state index is 0.757. The molecule has 0 amide bonds. The molecule has 26 heavy (non-hydrogen) atoms. The molecule has 1 aliphatic rings. The molecule has 3 rings (SSSR count). The van der Waals surface area contributed by atoms with E-state index in [0.29, 0.717) is 0 Å². The summed E-state index contributed by atoms with van der Waals surface area (Å²) in [6.45, 7) is 3.39. The Hall–Kier alpha value is -1.77. The highest BCUT2D eigenvalue weighted by atomic mass is 35.5. The van der Waals surface area contributed by atoms with Crippen LogP contribution in [0.1, 0.15) is 30.4 Å². The van der Waals surface area contributed by atoms with E-state index in [0.717, 1.165) is 44.8 Å². The van der Waals surface area contributed by atoms with Gasteiger partial charge in [-0.25, -0.2) is 0 Å². The minimum Gasteiger partial charge on any atom is -0.378 e. The third-order valence-electron chi connectivity index (χ3n) is 5.16. The third kappa shape index (κ3) is 4.69.